The van der Waals surface area contributed by atoms with Crippen LogP contribution in [0, 0.1) is 5.92 Å². The Morgan fingerprint density at radius 1 is 1.16 bits per heavy atom. The van der Waals surface area contributed by atoms with E-state index in [9.17, 15) is 13.2 Å². The number of benzene rings is 1. The Bertz CT molecular complexity index is 1060. The molecule has 1 aromatic heterocycles. The molecule has 2 fully saturated rings. The Morgan fingerprint density at radius 2 is 1.87 bits per heavy atom. The fraction of sp³-hybridized carbons (Fsp3) is 0.500. The number of sulfonamides is 1. The molecule has 2 heterocycles. The van der Waals surface area contributed by atoms with Crippen LogP contribution in [-0.4, -0.2) is 66.0 Å². The topological polar surface area (TPSA) is 87.5 Å². The van der Waals surface area contributed by atoms with Gasteiger partial charge in [-0.1, -0.05) is 23.2 Å². The SMILES string of the molecule is CC(C1CC1)n1nccc1NC(=O)CN1CCN(S(=O)(=O)c2ccc(Cl)c(Cl)c2)CC1. The summed E-state index contributed by atoms with van der Waals surface area (Å²) in [5, 5.41) is 7.80. The molecule has 1 atom stereocenters. The van der Waals surface area contributed by atoms with Crippen molar-refractivity contribution in [3.8, 4) is 0 Å². The number of rotatable bonds is 7. The van der Waals surface area contributed by atoms with Crippen molar-refractivity contribution in [2.45, 2.75) is 30.7 Å². The minimum Gasteiger partial charge on any atom is -0.310 e. The lowest BCUT2D eigenvalue weighted by atomic mass is 10.2. The highest BCUT2D eigenvalue weighted by Crippen LogP contribution is 2.40. The molecule has 1 aliphatic carbocycles. The number of hydrogen-bond donors (Lipinski definition) is 1. The molecule has 31 heavy (non-hydrogen) atoms. The highest BCUT2D eigenvalue weighted by Gasteiger charge is 2.32. The minimum atomic E-state index is -3.66. The second-order valence-electron chi connectivity index (χ2n) is 8.04. The number of halogens is 2. The van der Waals surface area contributed by atoms with Gasteiger partial charge in [-0.25, -0.2) is 13.1 Å². The molecule has 0 radical (unpaired) electrons. The summed E-state index contributed by atoms with van der Waals surface area (Å²) in [6.07, 6.45) is 4.09. The Hall–Kier alpha value is -1.65. The van der Waals surface area contributed by atoms with Gasteiger partial charge in [0, 0.05) is 32.2 Å². The molecule has 0 bridgehead atoms. The number of hydrogen-bond acceptors (Lipinski definition) is 5. The molecule has 8 nitrogen and oxygen atoms in total. The van der Waals surface area contributed by atoms with Crippen molar-refractivity contribution in [1.29, 1.82) is 0 Å². The third kappa shape index (κ3) is 5.06. The first-order chi connectivity index (χ1) is 14.8. The first-order valence-corrected chi connectivity index (χ1v) is 12.5. The van der Waals surface area contributed by atoms with Gasteiger partial charge in [0.15, 0.2) is 0 Å². The van der Waals surface area contributed by atoms with Crippen LogP contribution < -0.4 is 5.32 Å². The van der Waals surface area contributed by atoms with E-state index in [1.807, 2.05) is 9.58 Å². The van der Waals surface area contributed by atoms with Crippen LogP contribution >= 0.6 is 23.2 Å². The first-order valence-electron chi connectivity index (χ1n) is 10.3. The van der Waals surface area contributed by atoms with E-state index >= 15 is 0 Å². The number of aromatic nitrogens is 2. The molecule has 1 aliphatic heterocycles. The Labute approximate surface area is 192 Å². The summed E-state index contributed by atoms with van der Waals surface area (Å²) in [4.78, 5) is 14.6. The second kappa shape index (κ2) is 9.07. The molecule has 1 saturated carbocycles. The Balaban J connectivity index is 1.31. The molecule has 1 N–H and O–H groups in total. The zero-order valence-corrected chi connectivity index (χ0v) is 19.5. The summed E-state index contributed by atoms with van der Waals surface area (Å²) >= 11 is 11.9. The van der Waals surface area contributed by atoms with E-state index in [0.29, 0.717) is 42.9 Å². The van der Waals surface area contributed by atoms with Gasteiger partial charge in [0.25, 0.3) is 0 Å². The van der Waals surface area contributed by atoms with Crippen LogP contribution in [0.15, 0.2) is 35.4 Å². The van der Waals surface area contributed by atoms with Crippen LogP contribution in [0.1, 0.15) is 25.8 Å². The number of piperazine rings is 1. The summed E-state index contributed by atoms with van der Waals surface area (Å²) in [6.45, 7) is 3.84. The molecule has 1 aromatic carbocycles. The van der Waals surface area contributed by atoms with Gasteiger partial charge in [0.05, 0.1) is 33.7 Å². The zero-order chi connectivity index (χ0) is 22.2. The van der Waals surface area contributed by atoms with Crippen molar-refractivity contribution in [3.05, 3.63) is 40.5 Å². The second-order valence-corrected chi connectivity index (χ2v) is 10.8. The van der Waals surface area contributed by atoms with E-state index in [1.54, 1.807) is 12.3 Å². The van der Waals surface area contributed by atoms with Gasteiger partial charge < -0.3 is 5.32 Å². The lowest BCUT2D eigenvalue weighted by Crippen LogP contribution is -2.50. The van der Waals surface area contributed by atoms with E-state index in [2.05, 4.69) is 17.3 Å². The van der Waals surface area contributed by atoms with Crippen LogP contribution in [0.3, 0.4) is 0 Å². The standard InChI is InChI=1S/C20H25Cl2N5O3S/c1-14(15-2-3-15)27-19(6-7-23-27)24-20(28)13-25-8-10-26(11-9-25)31(29,30)16-4-5-17(21)18(22)12-16/h4-7,12,14-15H,2-3,8-11,13H2,1H3,(H,24,28). The molecular weight excluding hydrogens is 461 g/mol. The van der Waals surface area contributed by atoms with E-state index in [0.717, 1.165) is 0 Å². The molecular formula is C20H25Cl2N5O3S. The third-order valence-electron chi connectivity index (χ3n) is 5.86. The summed E-state index contributed by atoms with van der Waals surface area (Å²) in [5.74, 6) is 1.19. The number of amides is 1. The maximum Gasteiger partial charge on any atom is 0.243 e. The van der Waals surface area contributed by atoms with Gasteiger partial charge in [0.2, 0.25) is 15.9 Å². The maximum absolute atomic E-state index is 12.9. The highest BCUT2D eigenvalue weighted by atomic mass is 35.5. The van der Waals surface area contributed by atoms with Crippen molar-refractivity contribution < 1.29 is 13.2 Å². The number of nitrogens with one attached hydrogen (secondary N) is 1. The zero-order valence-electron chi connectivity index (χ0n) is 17.2. The smallest absolute Gasteiger partial charge is 0.243 e. The molecule has 168 valence electrons. The summed E-state index contributed by atoms with van der Waals surface area (Å²) < 4.78 is 29.0. The monoisotopic (exact) mass is 485 g/mol. The van der Waals surface area contributed by atoms with E-state index in [1.165, 1.54) is 35.3 Å². The van der Waals surface area contributed by atoms with Crippen molar-refractivity contribution in [3.63, 3.8) is 0 Å². The lowest BCUT2D eigenvalue weighted by Gasteiger charge is -2.33. The highest BCUT2D eigenvalue weighted by molar-refractivity contribution is 7.89. The number of anilines is 1. The van der Waals surface area contributed by atoms with E-state index in [4.69, 9.17) is 23.2 Å². The average molecular weight is 486 g/mol. The predicted octanol–water partition coefficient (Wildman–Crippen LogP) is 3.11. The Kier molecular flexibility index (Phi) is 6.60. The lowest BCUT2D eigenvalue weighted by molar-refractivity contribution is -0.117. The van der Waals surface area contributed by atoms with Crippen LogP contribution in [0.25, 0.3) is 0 Å². The fourth-order valence-corrected chi connectivity index (χ4v) is 5.63. The Morgan fingerprint density at radius 3 is 2.52 bits per heavy atom. The van der Waals surface area contributed by atoms with Gasteiger partial charge in [-0.2, -0.15) is 9.40 Å². The summed E-state index contributed by atoms with van der Waals surface area (Å²) in [5.41, 5.74) is 0. The number of nitrogens with zero attached hydrogens (tertiary/aromatic N) is 4. The fourth-order valence-electron chi connectivity index (χ4n) is 3.82. The van der Waals surface area contributed by atoms with Crippen molar-refractivity contribution >= 4 is 45.0 Å². The summed E-state index contributed by atoms with van der Waals surface area (Å²) in [6, 6.07) is 6.37. The van der Waals surface area contributed by atoms with Gasteiger partial charge in [-0.05, 0) is 43.9 Å². The molecule has 2 aliphatic rings. The van der Waals surface area contributed by atoms with E-state index < -0.39 is 10.0 Å². The minimum absolute atomic E-state index is 0.117. The molecule has 1 unspecified atom stereocenters. The van der Waals surface area contributed by atoms with Gasteiger partial charge in [-0.3, -0.25) is 9.69 Å². The molecule has 0 spiro atoms. The molecule has 11 heteroatoms. The molecule has 4 rings (SSSR count). The number of carbonyl (C=O) groups excluding carboxylic acids is 1. The number of carbonyl (C=O) groups is 1. The average Bonchev–Trinajstić information content (AvgIpc) is 3.49. The molecule has 1 saturated heterocycles. The van der Waals surface area contributed by atoms with Crippen LogP contribution in [0.5, 0.6) is 0 Å². The maximum atomic E-state index is 12.9. The quantitative estimate of drug-likeness (QED) is 0.650. The van der Waals surface area contributed by atoms with E-state index in [-0.39, 0.29) is 28.4 Å². The van der Waals surface area contributed by atoms with Gasteiger partial charge >= 0.3 is 0 Å². The third-order valence-corrected chi connectivity index (χ3v) is 8.49. The largest absolute Gasteiger partial charge is 0.310 e. The van der Waals surface area contributed by atoms with Gasteiger partial charge in [-0.15, -0.1) is 0 Å². The van der Waals surface area contributed by atoms with Crippen molar-refractivity contribution in [2.24, 2.45) is 5.92 Å². The predicted molar refractivity (Wildman–Crippen MR) is 120 cm³/mol. The van der Waals surface area contributed by atoms with Crippen molar-refractivity contribution in [1.82, 2.24) is 19.0 Å². The molecule has 1 amide bonds. The summed E-state index contributed by atoms with van der Waals surface area (Å²) in [7, 11) is -3.66. The normalized spacial score (nSPS) is 19.3. The van der Waals surface area contributed by atoms with Gasteiger partial charge in [0.1, 0.15) is 5.82 Å². The first kappa shape index (κ1) is 22.5. The van der Waals surface area contributed by atoms with Crippen LogP contribution in [0.2, 0.25) is 10.0 Å². The van der Waals surface area contributed by atoms with Crippen LogP contribution in [-0.2, 0) is 14.8 Å². The molecule has 2 aromatic rings. The van der Waals surface area contributed by atoms with Crippen LogP contribution in [0.4, 0.5) is 5.82 Å². The van der Waals surface area contributed by atoms with Crippen molar-refractivity contribution in [2.75, 3.05) is 38.0 Å².